The lowest BCUT2D eigenvalue weighted by Crippen LogP contribution is -2.46. The van der Waals surface area contributed by atoms with Crippen LogP contribution in [0, 0.1) is 5.92 Å². The zero-order chi connectivity index (χ0) is 17.6. The highest BCUT2D eigenvalue weighted by molar-refractivity contribution is 6.25. The molecule has 1 saturated heterocycles. The fourth-order valence-corrected chi connectivity index (χ4v) is 3.37. The van der Waals surface area contributed by atoms with Crippen LogP contribution < -0.4 is 0 Å². The van der Waals surface area contributed by atoms with Gasteiger partial charge in [0, 0.05) is 31.6 Å². The first-order valence-corrected chi connectivity index (χ1v) is 8.65. The molecule has 2 rings (SSSR count). The summed E-state index contributed by atoms with van der Waals surface area (Å²) in [5.41, 5.74) is 0.659. The van der Waals surface area contributed by atoms with Crippen molar-refractivity contribution in [2.24, 2.45) is 11.1 Å². The van der Waals surface area contributed by atoms with E-state index in [9.17, 15) is 15.0 Å². The first kappa shape index (κ1) is 19.0. The highest BCUT2D eigenvalue weighted by Crippen LogP contribution is 2.39. The minimum Gasteiger partial charge on any atom is -0.511 e. The summed E-state index contributed by atoms with van der Waals surface area (Å²) >= 11 is 5.40. The van der Waals surface area contributed by atoms with Crippen LogP contribution in [0.15, 0.2) is 28.1 Å². The van der Waals surface area contributed by atoms with Gasteiger partial charge < -0.3 is 19.8 Å². The zero-order valence-electron chi connectivity index (χ0n) is 13.8. The number of oxime groups is 1. The summed E-state index contributed by atoms with van der Waals surface area (Å²) in [5.74, 6) is -0.465. The number of nitrogens with zero attached hydrogens (tertiary/aromatic N) is 1. The molecule has 1 heterocycles. The van der Waals surface area contributed by atoms with Crippen molar-refractivity contribution in [3.05, 3.63) is 22.9 Å². The lowest BCUT2D eigenvalue weighted by molar-refractivity contribution is -0.129. The summed E-state index contributed by atoms with van der Waals surface area (Å²) in [6, 6.07) is 0. The van der Waals surface area contributed by atoms with Crippen molar-refractivity contribution in [3.8, 4) is 0 Å². The number of aliphatic hydroxyl groups excluding tert-OH is 1. The van der Waals surface area contributed by atoms with Gasteiger partial charge in [0.1, 0.15) is 12.4 Å². The molecule has 0 aromatic carbocycles. The van der Waals surface area contributed by atoms with Gasteiger partial charge in [0.15, 0.2) is 5.78 Å². The molecule has 0 spiro atoms. The molecule has 6 nitrogen and oxygen atoms in total. The van der Waals surface area contributed by atoms with Crippen molar-refractivity contribution >= 4 is 23.1 Å². The van der Waals surface area contributed by atoms with Crippen LogP contribution in [0.5, 0.6) is 0 Å². The maximum Gasteiger partial charge on any atom is 0.171 e. The lowest BCUT2D eigenvalue weighted by Gasteiger charge is -2.40. The largest absolute Gasteiger partial charge is 0.511 e. The number of carbonyl (C=O) groups excluding carboxylic acids is 1. The van der Waals surface area contributed by atoms with Gasteiger partial charge in [-0.15, -0.1) is 0 Å². The lowest BCUT2D eigenvalue weighted by atomic mass is 9.71. The topological polar surface area (TPSA) is 88.3 Å². The minimum atomic E-state index is -1.21. The maximum atomic E-state index is 12.6. The molecule has 2 aliphatic rings. The van der Waals surface area contributed by atoms with Crippen LogP contribution in [-0.4, -0.2) is 47.1 Å². The average Bonchev–Trinajstić information content (AvgIpc) is 2.57. The third-order valence-corrected chi connectivity index (χ3v) is 4.73. The average molecular weight is 358 g/mol. The van der Waals surface area contributed by atoms with E-state index in [0.717, 1.165) is 0 Å². The second-order valence-electron chi connectivity index (χ2n) is 6.14. The smallest absolute Gasteiger partial charge is 0.171 e. The monoisotopic (exact) mass is 357 g/mol. The molecule has 0 aromatic rings. The Morgan fingerprint density at radius 3 is 2.75 bits per heavy atom. The highest BCUT2D eigenvalue weighted by Gasteiger charge is 2.45. The van der Waals surface area contributed by atoms with Gasteiger partial charge in [-0.05, 0) is 31.3 Å². The SMILES string of the molecule is CC/C(=N\OC/C=C/Cl)C1=C(O)CC(O)(C2CCOCC2)CC1=O. The van der Waals surface area contributed by atoms with E-state index in [1.165, 1.54) is 5.54 Å². The number of ether oxygens (including phenoxy) is 1. The summed E-state index contributed by atoms with van der Waals surface area (Å²) in [6.07, 6.45) is 3.42. The molecule has 0 bridgehead atoms. The Kier molecular flexibility index (Phi) is 6.83. The number of hydrogen-bond donors (Lipinski definition) is 2. The van der Waals surface area contributed by atoms with Gasteiger partial charge >= 0.3 is 0 Å². The Bertz CT molecular complexity index is 551. The van der Waals surface area contributed by atoms with Gasteiger partial charge in [-0.3, -0.25) is 4.79 Å². The van der Waals surface area contributed by atoms with Crippen LogP contribution in [0.1, 0.15) is 39.0 Å². The Morgan fingerprint density at radius 1 is 1.46 bits per heavy atom. The molecular formula is C17H24ClNO5. The molecule has 7 heteroatoms. The Balaban J connectivity index is 2.18. The van der Waals surface area contributed by atoms with Crippen LogP contribution in [0.3, 0.4) is 0 Å². The number of hydrogen-bond acceptors (Lipinski definition) is 6. The van der Waals surface area contributed by atoms with Gasteiger partial charge in [0.2, 0.25) is 0 Å². The molecule has 0 saturated carbocycles. The number of carbonyl (C=O) groups is 1. The maximum absolute atomic E-state index is 12.6. The Morgan fingerprint density at radius 2 is 2.17 bits per heavy atom. The van der Waals surface area contributed by atoms with Crippen LogP contribution in [0.4, 0.5) is 0 Å². The minimum absolute atomic E-state index is 0.0162. The van der Waals surface area contributed by atoms with Gasteiger partial charge in [0.05, 0.1) is 16.9 Å². The third kappa shape index (κ3) is 4.37. The van der Waals surface area contributed by atoms with Crippen molar-refractivity contribution in [2.45, 2.75) is 44.6 Å². The van der Waals surface area contributed by atoms with Crippen LogP contribution in [-0.2, 0) is 14.4 Å². The van der Waals surface area contributed by atoms with Crippen molar-refractivity contribution in [1.82, 2.24) is 0 Å². The molecular weight excluding hydrogens is 334 g/mol. The van der Waals surface area contributed by atoms with Crippen LogP contribution in [0.25, 0.3) is 0 Å². The van der Waals surface area contributed by atoms with E-state index in [4.69, 9.17) is 21.2 Å². The van der Waals surface area contributed by atoms with E-state index in [0.29, 0.717) is 38.2 Å². The molecule has 1 fully saturated rings. The number of Topliss-reactive ketones (excluding diaryl/α,β-unsaturated/α-hetero) is 1. The third-order valence-electron chi connectivity index (χ3n) is 4.55. The molecule has 134 valence electrons. The number of ketones is 1. The van der Waals surface area contributed by atoms with Crippen molar-refractivity contribution < 1.29 is 24.6 Å². The van der Waals surface area contributed by atoms with E-state index < -0.39 is 5.60 Å². The van der Waals surface area contributed by atoms with Gasteiger partial charge in [-0.2, -0.15) is 0 Å². The number of aliphatic hydroxyl groups is 2. The predicted molar refractivity (Wildman–Crippen MR) is 91.1 cm³/mol. The summed E-state index contributed by atoms with van der Waals surface area (Å²) < 4.78 is 5.31. The van der Waals surface area contributed by atoms with Crippen LogP contribution in [0.2, 0.25) is 0 Å². The summed E-state index contributed by atoms with van der Waals surface area (Å²) in [5, 5.41) is 25.2. The van der Waals surface area contributed by atoms with Crippen molar-refractivity contribution in [2.75, 3.05) is 19.8 Å². The van der Waals surface area contributed by atoms with Gasteiger partial charge in [-0.1, -0.05) is 23.7 Å². The standard InChI is InChI=1S/C17H24ClNO5/c1-2-13(19-24-7-3-6-18)16-14(20)10-17(22,11-15(16)21)12-4-8-23-9-5-12/h3,6,12,20,22H,2,4-5,7-11H2,1H3/b6-3+,19-13+. The molecule has 0 radical (unpaired) electrons. The zero-order valence-corrected chi connectivity index (χ0v) is 14.6. The Labute approximate surface area is 146 Å². The molecule has 24 heavy (non-hydrogen) atoms. The molecule has 2 N–H and O–H groups in total. The van der Waals surface area contributed by atoms with E-state index in [-0.39, 0.29) is 42.5 Å². The summed E-state index contributed by atoms with van der Waals surface area (Å²) in [6.45, 7) is 3.15. The first-order chi connectivity index (χ1) is 11.5. The fourth-order valence-electron chi connectivity index (χ4n) is 3.30. The second kappa shape index (κ2) is 8.65. The molecule has 1 aliphatic carbocycles. The fraction of sp³-hybridized carbons (Fsp3) is 0.647. The normalized spacial score (nSPS) is 27.1. The molecule has 1 unspecified atom stereocenters. The molecule has 0 amide bonds. The second-order valence-corrected chi connectivity index (χ2v) is 6.39. The molecule has 1 aliphatic heterocycles. The Hall–Kier alpha value is -1.37. The van der Waals surface area contributed by atoms with Gasteiger partial charge in [-0.25, -0.2) is 0 Å². The predicted octanol–water partition coefficient (Wildman–Crippen LogP) is 2.85. The molecule has 1 atom stereocenters. The van der Waals surface area contributed by atoms with E-state index >= 15 is 0 Å². The number of rotatable bonds is 6. The van der Waals surface area contributed by atoms with Gasteiger partial charge in [0.25, 0.3) is 0 Å². The number of allylic oxidation sites excluding steroid dienone is 1. The summed E-state index contributed by atoms with van der Waals surface area (Å²) in [7, 11) is 0. The highest BCUT2D eigenvalue weighted by atomic mass is 35.5. The van der Waals surface area contributed by atoms with E-state index in [1.54, 1.807) is 6.08 Å². The van der Waals surface area contributed by atoms with Crippen LogP contribution >= 0.6 is 11.6 Å². The van der Waals surface area contributed by atoms with Crippen molar-refractivity contribution in [1.29, 1.82) is 0 Å². The molecule has 0 aromatic heterocycles. The quantitative estimate of drug-likeness (QED) is 0.433. The first-order valence-electron chi connectivity index (χ1n) is 8.21. The number of halogens is 1. The van der Waals surface area contributed by atoms with E-state index in [1.807, 2.05) is 6.92 Å². The van der Waals surface area contributed by atoms with Crippen molar-refractivity contribution in [3.63, 3.8) is 0 Å². The van der Waals surface area contributed by atoms with E-state index in [2.05, 4.69) is 5.16 Å². The summed E-state index contributed by atoms with van der Waals surface area (Å²) in [4.78, 5) is 17.7.